The molecule has 0 spiro atoms. The zero-order chi connectivity index (χ0) is 11.5. The first-order chi connectivity index (χ1) is 7.66. The van der Waals surface area contributed by atoms with Crippen molar-refractivity contribution in [3.63, 3.8) is 0 Å². The first-order valence-electron chi connectivity index (χ1n) is 5.98. The summed E-state index contributed by atoms with van der Waals surface area (Å²) in [7, 11) is 0. The van der Waals surface area contributed by atoms with Crippen LogP contribution < -0.4 is 5.73 Å². The minimum absolute atomic E-state index is 0.340. The highest BCUT2D eigenvalue weighted by molar-refractivity contribution is 7.99. The van der Waals surface area contributed by atoms with E-state index < -0.39 is 0 Å². The van der Waals surface area contributed by atoms with Crippen molar-refractivity contribution < 1.29 is 0 Å². The molecule has 90 valence electrons. The first-order valence-corrected chi connectivity index (χ1v) is 7.91. The molecule has 0 aromatic carbocycles. The fraction of sp³-hybridized carbons (Fsp3) is 0.750. The Kier molecular flexibility index (Phi) is 4.27. The molecule has 0 radical (unpaired) electrons. The predicted molar refractivity (Wildman–Crippen MR) is 73.1 cm³/mol. The molecule has 2 nitrogen and oxygen atoms in total. The number of nitrogens with zero attached hydrogens (tertiary/aromatic N) is 1. The Balaban J connectivity index is 1.96. The molecule has 0 amide bonds. The Bertz CT molecular complexity index is 336. The van der Waals surface area contributed by atoms with Gasteiger partial charge in [-0.2, -0.15) is 11.8 Å². The Hall–Kier alpha value is -0.0600. The van der Waals surface area contributed by atoms with Gasteiger partial charge in [0.2, 0.25) is 0 Å². The first kappa shape index (κ1) is 12.4. The number of hydrogen-bond donors (Lipinski definition) is 1. The van der Waals surface area contributed by atoms with Crippen molar-refractivity contribution in [2.75, 3.05) is 0 Å². The highest BCUT2D eigenvalue weighted by atomic mass is 32.2. The third-order valence-electron chi connectivity index (χ3n) is 3.06. The Morgan fingerprint density at radius 3 is 3.00 bits per heavy atom. The molecule has 0 bridgehead atoms. The van der Waals surface area contributed by atoms with E-state index in [-0.39, 0.29) is 0 Å². The van der Waals surface area contributed by atoms with E-state index in [9.17, 15) is 0 Å². The Morgan fingerprint density at radius 1 is 1.56 bits per heavy atom. The molecule has 0 saturated heterocycles. The molecule has 1 aliphatic rings. The quantitative estimate of drug-likeness (QED) is 0.897. The van der Waals surface area contributed by atoms with Crippen LogP contribution in [0.15, 0.2) is 5.38 Å². The molecular weight excluding hydrogens is 236 g/mol. The molecule has 1 aliphatic carbocycles. The number of nitrogens with two attached hydrogens (primary N) is 1. The highest BCUT2D eigenvalue weighted by Crippen LogP contribution is 2.34. The van der Waals surface area contributed by atoms with Crippen LogP contribution in [-0.2, 0) is 5.75 Å². The van der Waals surface area contributed by atoms with Gasteiger partial charge in [0.05, 0.1) is 5.69 Å². The second kappa shape index (κ2) is 5.52. The summed E-state index contributed by atoms with van der Waals surface area (Å²) in [5.41, 5.74) is 7.35. The number of rotatable bonds is 4. The lowest BCUT2D eigenvalue weighted by molar-refractivity contribution is 0.600. The molecule has 1 fully saturated rings. The summed E-state index contributed by atoms with van der Waals surface area (Å²) in [4.78, 5) is 4.73. The molecule has 0 aliphatic heterocycles. The summed E-state index contributed by atoms with van der Waals surface area (Å²) in [6, 6.07) is 0.340. The fourth-order valence-electron chi connectivity index (χ4n) is 2.16. The van der Waals surface area contributed by atoms with Gasteiger partial charge in [-0.1, -0.05) is 20.3 Å². The fourth-order valence-corrected chi connectivity index (χ4v) is 3.81. The van der Waals surface area contributed by atoms with Crippen LogP contribution in [0.1, 0.15) is 49.7 Å². The maximum absolute atomic E-state index is 6.10. The molecule has 2 N–H and O–H groups in total. The minimum Gasteiger partial charge on any atom is -0.327 e. The van der Waals surface area contributed by atoms with Crippen LogP contribution in [-0.4, -0.2) is 16.3 Å². The monoisotopic (exact) mass is 256 g/mol. The largest absolute Gasteiger partial charge is 0.327 e. The van der Waals surface area contributed by atoms with E-state index in [0.717, 1.165) is 12.2 Å². The lowest BCUT2D eigenvalue weighted by Crippen LogP contribution is -2.22. The number of thioether (sulfide) groups is 1. The van der Waals surface area contributed by atoms with Gasteiger partial charge >= 0.3 is 0 Å². The van der Waals surface area contributed by atoms with E-state index in [4.69, 9.17) is 10.7 Å². The van der Waals surface area contributed by atoms with Crippen LogP contribution in [0.5, 0.6) is 0 Å². The lowest BCUT2D eigenvalue weighted by atomic mass is 10.0. The second-order valence-corrected chi connectivity index (χ2v) is 7.23. The van der Waals surface area contributed by atoms with Gasteiger partial charge in [0.25, 0.3) is 0 Å². The van der Waals surface area contributed by atoms with Gasteiger partial charge in [0.1, 0.15) is 5.01 Å². The van der Waals surface area contributed by atoms with Crippen molar-refractivity contribution >= 4 is 23.1 Å². The maximum Gasteiger partial charge on any atom is 0.103 e. The van der Waals surface area contributed by atoms with Crippen molar-refractivity contribution in [3.05, 3.63) is 16.1 Å². The Morgan fingerprint density at radius 2 is 2.38 bits per heavy atom. The van der Waals surface area contributed by atoms with Crippen molar-refractivity contribution in [2.45, 2.75) is 56.1 Å². The standard InChI is InChI=1S/C12H20N2S2/c1-8(2)15-7-12-14-11(6-16-12)9-4-3-5-10(9)13/h6,8-10H,3-5,7,13H2,1-2H3. The number of hydrogen-bond acceptors (Lipinski definition) is 4. The molecule has 2 rings (SSSR count). The molecular formula is C12H20N2S2. The van der Waals surface area contributed by atoms with Crippen molar-refractivity contribution in [2.24, 2.45) is 5.73 Å². The van der Waals surface area contributed by atoms with E-state index in [1.807, 2.05) is 11.8 Å². The van der Waals surface area contributed by atoms with Crippen molar-refractivity contribution in [1.82, 2.24) is 4.98 Å². The van der Waals surface area contributed by atoms with Gasteiger partial charge in [-0.15, -0.1) is 11.3 Å². The predicted octanol–water partition coefficient (Wildman–Crippen LogP) is 3.38. The van der Waals surface area contributed by atoms with E-state index in [2.05, 4.69) is 19.2 Å². The smallest absolute Gasteiger partial charge is 0.103 e. The van der Waals surface area contributed by atoms with E-state index in [1.54, 1.807) is 11.3 Å². The van der Waals surface area contributed by atoms with Crippen molar-refractivity contribution in [3.8, 4) is 0 Å². The average molecular weight is 256 g/mol. The van der Waals surface area contributed by atoms with Gasteiger partial charge in [-0.25, -0.2) is 4.98 Å². The van der Waals surface area contributed by atoms with E-state index in [0.29, 0.717) is 17.2 Å². The normalized spacial score (nSPS) is 25.5. The molecule has 1 saturated carbocycles. The molecule has 2 atom stereocenters. The molecule has 1 aromatic heterocycles. The van der Waals surface area contributed by atoms with Gasteiger partial charge in [-0.3, -0.25) is 0 Å². The van der Waals surface area contributed by atoms with Crippen LogP contribution in [0.3, 0.4) is 0 Å². The van der Waals surface area contributed by atoms with E-state index in [1.165, 1.54) is 23.5 Å². The molecule has 16 heavy (non-hydrogen) atoms. The topological polar surface area (TPSA) is 38.9 Å². The number of aromatic nitrogens is 1. The van der Waals surface area contributed by atoms with Gasteiger partial charge in [-0.05, 0) is 18.1 Å². The summed E-state index contributed by atoms with van der Waals surface area (Å²) in [6.07, 6.45) is 3.65. The minimum atomic E-state index is 0.340. The van der Waals surface area contributed by atoms with Crippen LogP contribution in [0.2, 0.25) is 0 Å². The van der Waals surface area contributed by atoms with Crippen LogP contribution in [0, 0.1) is 0 Å². The zero-order valence-electron chi connectivity index (χ0n) is 9.98. The summed E-state index contributed by atoms with van der Waals surface area (Å²) in [6.45, 7) is 4.46. The summed E-state index contributed by atoms with van der Waals surface area (Å²) in [5.74, 6) is 1.57. The average Bonchev–Trinajstić information content (AvgIpc) is 2.83. The van der Waals surface area contributed by atoms with Crippen LogP contribution in [0.4, 0.5) is 0 Å². The number of thiazole rings is 1. The van der Waals surface area contributed by atoms with Gasteiger partial charge in [0.15, 0.2) is 0 Å². The van der Waals surface area contributed by atoms with E-state index >= 15 is 0 Å². The summed E-state index contributed by atoms with van der Waals surface area (Å²) < 4.78 is 0. The highest BCUT2D eigenvalue weighted by Gasteiger charge is 2.27. The van der Waals surface area contributed by atoms with Crippen LogP contribution >= 0.6 is 23.1 Å². The third kappa shape index (κ3) is 2.99. The van der Waals surface area contributed by atoms with Crippen molar-refractivity contribution in [1.29, 1.82) is 0 Å². The Labute approximate surface area is 106 Å². The lowest BCUT2D eigenvalue weighted by Gasteiger charge is -2.11. The second-order valence-electron chi connectivity index (χ2n) is 4.73. The molecule has 2 unspecified atom stereocenters. The maximum atomic E-state index is 6.10. The summed E-state index contributed by atoms with van der Waals surface area (Å²) >= 11 is 3.75. The zero-order valence-corrected chi connectivity index (χ0v) is 11.6. The SMILES string of the molecule is CC(C)SCc1nc(C2CCCC2N)cs1. The summed E-state index contributed by atoms with van der Waals surface area (Å²) in [5, 5.41) is 4.15. The molecule has 1 aromatic rings. The molecule has 4 heteroatoms. The molecule has 1 heterocycles. The van der Waals surface area contributed by atoms with Gasteiger partial charge < -0.3 is 5.73 Å². The third-order valence-corrected chi connectivity index (χ3v) is 5.22. The van der Waals surface area contributed by atoms with Gasteiger partial charge in [0, 0.05) is 23.1 Å². The van der Waals surface area contributed by atoms with Crippen LogP contribution in [0.25, 0.3) is 0 Å².